The number of benzene rings is 1. The van der Waals surface area contributed by atoms with Gasteiger partial charge in [0.2, 0.25) is 0 Å². The molecule has 1 aromatic carbocycles. The Morgan fingerprint density at radius 2 is 1.97 bits per heavy atom. The zero-order valence-corrected chi connectivity index (χ0v) is 22.0. The molecule has 1 aliphatic heterocycles. The van der Waals surface area contributed by atoms with Crippen molar-refractivity contribution in [3.05, 3.63) is 36.0 Å². The van der Waals surface area contributed by atoms with Crippen molar-refractivity contribution in [2.24, 2.45) is 5.92 Å². The van der Waals surface area contributed by atoms with Crippen LogP contribution in [0.25, 0.3) is 22.3 Å². The third-order valence-electron chi connectivity index (χ3n) is 6.56. The van der Waals surface area contributed by atoms with Crippen LogP contribution in [0.3, 0.4) is 0 Å². The number of likely N-dealkylation sites (tertiary alicyclic amines) is 1. The molecule has 38 heavy (non-hydrogen) atoms. The number of ether oxygens (including phenoxy) is 3. The zero-order chi connectivity index (χ0) is 27.0. The van der Waals surface area contributed by atoms with Gasteiger partial charge in [0.15, 0.2) is 11.6 Å². The van der Waals surface area contributed by atoms with Gasteiger partial charge < -0.3 is 29.4 Å². The molecule has 1 unspecified atom stereocenters. The highest BCUT2D eigenvalue weighted by Crippen LogP contribution is 2.39. The Labute approximate surface area is 219 Å². The number of H-pyrrole nitrogens is 1. The molecule has 2 N–H and O–H groups in total. The van der Waals surface area contributed by atoms with Crippen molar-refractivity contribution in [3.8, 4) is 22.8 Å². The summed E-state index contributed by atoms with van der Waals surface area (Å²) in [5.41, 5.74) is 1.48. The fourth-order valence-electron chi connectivity index (χ4n) is 4.44. The van der Waals surface area contributed by atoms with Gasteiger partial charge in [-0.1, -0.05) is 0 Å². The van der Waals surface area contributed by atoms with E-state index < -0.39 is 17.5 Å². The third-order valence-corrected chi connectivity index (χ3v) is 6.56. The largest absolute Gasteiger partial charge is 0.494 e. The molecule has 2 aromatic heterocycles. The molecule has 0 bridgehead atoms. The van der Waals surface area contributed by atoms with Gasteiger partial charge >= 0.3 is 6.09 Å². The van der Waals surface area contributed by atoms with Crippen LogP contribution >= 0.6 is 0 Å². The lowest BCUT2D eigenvalue weighted by atomic mass is 10.1. The quantitative estimate of drug-likeness (QED) is 0.472. The molecule has 2 aliphatic rings. The molecule has 0 spiro atoms. The Morgan fingerprint density at radius 1 is 1.18 bits per heavy atom. The zero-order valence-electron chi connectivity index (χ0n) is 22.0. The average molecular weight is 526 g/mol. The summed E-state index contributed by atoms with van der Waals surface area (Å²) in [4.78, 5) is 39.0. The van der Waals surface area contributed by atoms with Gasteiger partial charge in [-0.05, 0) is 52.0 Å². The molecule has 11 heteroatoms. The number of carbonyl (C=O) groups is 2. The lowest BCUT2D eigenvalue weighted by molar-refractivity contribution is 0.0290. The first kappa shape index (κ1) is 25.7. The molecule has 1 saturated heterocycles. The number of nitrogens with zero attached hydrogens (tertiary/aromatic N) is 3. The summed E-state index contributed by atoms with van der Waals surface area (Å²) >= 11 is 0. The van der Waals surface area contributed by atoms with Crippen LogP contribution in [0.4, 0.5) is 9.18 Å². The first-order chi connectivity index (χ1) is 18.1. The van der Waals surface area contributed by atoms with Crippen LogP contribution in [0.15, 0.2) is 24.7 Å². The van der Waals surface area contributed by atoms with Gasteiger partial charge in [-0.3, -0.25) is 4.79 Å². The minimum atomic E-state index is -0.588. The Bertz CT molecular complexity index is 1360. The molecular formula is C27H32FN5O5. The minimum absolute atomic E-state index is 0.0772. The van der Waals surface area contributed by atoms with Gasteiger partial charge in [-0.25, -0.2) is 19.2 Å². The van der Waals surface area contributed by atoms with E-state index >= 15 is 0 Å². The minimum Gasteiger partial charge on any atom is -0.494 e. The molecule has 2 fully saturated rings. The molecule has 2 amide bonds. The highest BCUT2D eigenvalue weighted by Gasteiger charge is 2.31. The Morgan fingerprint density at radius 3 is 2.68 bits per heavy atom. The molecular weight excluding hydrogens is 493 g/mol. The number of rotatable bonds is 7. The second-order valence-corrected chi connectivity index (χ2v) is 10.8. The summed E-state index contributed by atoms with van der Waals surface area (Å²) in [6.07, 6.45) is 5.33. The number of fused-ring (bicyclic) bond motifs is 1. The van der Waals surface area contributed by atoms with E-state index in [-0.39, 0.29) is 17.7 Å². The summed E-state index contributed by atoms with van der Waals surface area (Å²) in [7, 11) is 1.40. The fraction of sp³-hybridized carbons (Fsp3) is 0.481. The van der Waals surface area contributed by atoms with Gasteiger partial charge in [-0.2, -0.15) is 0 Å². The SMILES string of the molecule is COc1cc(OCC2CC2)c(-c2ncnc3c(C(=O)NC4CCN(C(=O)OC(C)(C)C)C4)c[nH]c23)cc1F. The monoisotopic (exact) mass is 525 g/mol. The predicted octanol–water partition coefficient (Wildman–Crippen LogP) is 4.30. The molecule has 1 atom stereocenters. The molecule has 3 heterocycles. The maximum atomic E-state index is 14.7. The number of nitrogens with one attached hydrogen (secondary N) is 2. The Balaban J connectivity index is 1.37. The van der Waals surface area contributed by atoms with E-state index in [0.717, 1.165) is 12.8 Å². The van der Waals surface area contributed by atoms with E-state index in [9.17, 15) is 14.0 Å². The average Bonchev–Trinajstić information content (AvgIpc) is 3.39. The Kier molecular flexibility index (Phi) is 6.85. The van der Waals surface area contributed by atoms with E-state index in [1.165, 1.54) is 25.6 Å². The van der Waals surface area contributed by atoms with Crippen LogP contribution < -0.4 is 14.8 Å². The van der Waals surface area contributed by atoms with Gasteiger partial charge in [0, 0.05) is 37.0 Å². The lowest BCUT2D eigenvalue weighted by Crippen LogP contribution is -2.40. The molecule has 202 valence electrons. The number of hydrogen-bond donors (Lipinski definition) is 2. The number of carbonyl (C=O) groups excluding carboxylic acids is 2. The van der Waals surface area contributed by atoms with Crippen molar-refractivity contribution in [3.63, 3.8) is 0 Å². The number of halogens is 1. The van der Waals surface area contributed by atoms with Crippen molar-refractivity contribution < 1.29 is 28.2 Å². The van der Waals surface area contributed by atoms with E-state index in [1.54, 1.807) is 11.1 Å². The smallest absolute Gasteiger partial charge is 0.410 e. The number of hydrogen-bond acceptors (Lipinski definition) is 7. The van der Waals surface area contributed by atoms with E-state index in [1.807, 2.05) is 20.8 Å². The number of amides is 2. The van der Waals surface area contributed by atoms with E-state index in [4.69, 9.17) is 14.2 Å². The van der Waals surface area contributed by atoms with Crippen LogP contribution in [0.2, 0.25) is 0 Å². The Hall–Kier alpha value is -3.89. The summed E-state index contributed by atoms with van der Waals surface area (Å²) in [6, 6.07) is 2.63. The summed E-state index contributed by atoms with van der Waals surface area (Å²) in [6.45, 7) is 6.82. The topological polar surface area (TPSA) is 119 Å². The van der Waals surface area contributed by atoms with Gasteiger partial charge in [0.25, 0.3) is 5.91 Å². The van der Waals surface area contributed by atoms with Crippen molar-refractivity contribution in [2.75, 3.05) is 26.8 Å². The number of aromatic amines is 1. The number of aromatic nitrogens is 3. The van der Waals surface area contributed by atoms with Gasteiger partial charge in [-0.15, -0.1) is 0 Å². The lowest BCUT2D eigenvalue weighted by Gasteiger charge is -2.24. The molecule has 10 nitrogen and oxygen atoms in total. The van der Waals surface area contributed by atoms with E-state index in [2.05, 4.69) is 20.3 Å². The molecule has 0 radical (unpaired) electrons. The molecule has 1 aliphatic carbocycles. The second-order valence-electron chi connectivity index (χ2n) is 10.8. The first-order valence-corrected chi connectivity index (χ1v) is 12.7. The highest BCUT2D eigenvalue weighted by molar-refractivity contribution is 6.08. The maximum absolute atomic E-state index is 14.7. The fourth-order valence-corrected chi connectivity index (χ4v) is 4.44. The first-order valence-electron chi connectivity index (χ1n) is 12.7. The van der Waals surface area contributed by atoms with E-state index in [0.29, 0.717) is 65.6 Å². The van der Waals surface area contributed by atoms with Crippen LogP contribution in [-0.4, -0.2) is 70.3 Å². The van der Waals surface area contributed by atoms with Crippen LogP contribution in [0.1, 0.15) is 50.4 Å². The second kappa shape index (κ2) is 10.1. The van der Waals surface area contributed by atoms with Crippen molar-refractivity contribution in [1.82, 2.24) is 25.2 Å². The van der Waals surface area contributed by atoms with Gasteiger partial charge in [0.1, 0.15) is 28.9 Å². The van der Waals surface area contributed by atoms with Crippen molar-refractivity contribution >= 4 is 23.0 Å². The van der Waals surface area contributed by atoms with Crippen molar-refractivity contribution in [1.29, 1.82) is 0 Å². The van der Waals surface area contributed by atoms with Gasteiger partial charge in [0.05, 0.1) is 24.8 Å². The van der Waals surface area contributed by atoms with Crippen LogP contribution in [0.5, 0.6) is 11.5 Å². The molecule has 1 saturated carbocycles. The maximum Gasteiger partial charge on any atom is 0.410 e. The van der Waals surface area contributed by atoms with Crippen molar-refractivity contribution in [2.45, 2.75) is 51.7 Å². The molecule has 3 aromatic rings. The van der Waals surface area contributed by atoms with Crippen LogP contribution in [0, 0.1) is 11.7 Å². The summed E-state index contributed by atoms with van der Waals surface area (Å²) in [5, 5.41) is 2.99. The highest BCUT2D eigenvalue weighted by atomic mass is 19.1. The summed E-state index contributed by atoms with van der Waals surface area (Å²) in [5.74, 6) is 0.139. The standard InChI is InChI=1S/C27H32FN5O5/c1-27(2,3)38-26(35)33-8-7-16(12-33)32-25(34)18-11-29-24-22(30-14-31-23(18)24)17-9-19(28)21(36-4)10-20(17)37-13-15-5-6-15/h9-11,14-16,29H,5-8,12-13H2,1-4H3,(H,32,34). The number of methoxy groups -OCH3 is 1. The van der Waals surface area contributed by atoms with Crippen LogP contribution in [-0.2, 0) is 4.74 Å². The molecule has 5 rings (SSSR count). The summed E-state index contributed by atoms with van der Waals surface area (Å²) < 4.78 is 31.3. The third kappa shape index (κ3) is 5.51. The normalized spacial score (nSPS) is 17.5. The predicted molar refractivity (Wildman–Crippen MR) is 138 cm³/mol.